The number of carbonyl (C=O) groups is 2. The lowest BCUT2D eigenvalue weighted by atomic mass is 10.0. The van der Waals surface area contributed by atoms with Gasteiger partial charge in [0.15, 0.2) is 0 Å². The predicted molar refractivity (Wildman–Crippen MR) is 169 cm³/mol. The number of hydrogen-bond donors (Lipinski definition) is 2. The average Bonchev–Trinajstić information content (AvgIpc) is 3.56. The first-order chi connectivity index (χ1) is 20.9. The van der Waals surface area contributed by atoms with Crippen LogP contribution in [0.4, 0.5) is 4.79 Å². The van der Waals surface area contributed by atoms with Gasteiger partial charge in [-0.25, -0.2) is 9.78 Å². The molecule has 0 atom stereocenters. The van der Waals surface area contributed by atoms with Gasteiger partial charge in [0.05, 0.1) is 23.3 Å². The predicted octanol–water partition coefficient (Wildman–Crippen LogP) is 7.12. The number of thiazole rings is 1. The maximum absolute atomic E-state index is 13.2. The number of aromatic nitrogens is 2. The van der Waals surface area contributed by atoms with Gasteiger partial charge in [0.25, 0.3) is 5.91 Å². The van der Waals surface area contributed by atoms with E-state index in [2.05, 4.69) is 32.7 Å². The van der Waals surface area contributed by atoms with Crippen LogP contribution in [0.3, 0.4) is 0 Å². The fourth-order valence-corrected chi connectivity index (χ4v) is 6.13. The second-order valence-corrected chi connectivity index (χ2v) is 11.9. The maximum Gasteiger partial charge on any atom is 0.408 e. The minimum Gasteiger partial charge on any atom is -0.445 e. The lowest BCUT2D eigenvalue weighted by Gasteiger charge is -2.18. The number of carbonyl (C=O) groups excluding carboxylic acids is 2. The van der Waals surface area contributed by atoms with Gasteiger partial charge in [-0.2, -0.15) is 0 Å². The van der Waals surface area contributed by atoms with E-state index in [1.807, 2.05) is 92.7 Å². The molecule has 8 heteroatoms. The summed E-state index contributed by atoms with van der Waals surface area (Å²) in [6, 6.07) is 29.8. The minimum atomic E-state index is -0.415. The van der Waals surface area contributed by atoms with Crippen LogP contribution in [0.2, 0.25) is 0 Å². The molecule has 6 rings (SSSR count). The topological polar surface area (TPSA) is 85.3 Å². The third-order valence-corrected chi connectivity index (χ3v) is 8.91. The largest absolute Gasteiger partial charge is 0.445 e. The Hall–Kier alpha value is -4.69. The Balaban J connectivity index is 1.03. The molecule has 7 nitrogen and oxygen atoms in total. The summed E-state index contributed by atoms with van der Waals surface area (Å²) in [5.41, 5.74) is 7.29. The molecule has 3 aromatic carbocycles. The summed E-state index contributed by atoms with van der Waals surface area (Å²) in [4.78, 5) is 30.4. The highest BCUT2D eigenvalue weighted by molar-refractivity contribution is 7.13. The van der Waals surface area contributed by atoms with E-state index in [1.54, 1.807) is 11.3 Å². The molecule has 43 heavy (non-hydrogen) atoms. The molecule has 2 amide bonds. The Labute approximate surface area is 255 Å². The first-order valence-corrected chi connectivity index (χ1v) is 15.3. The van der Waals surface area contributed by atoms with E-state index < -0.39 is 6.09 Å². The fraction of sp³-hybridized carbons (Fsp3) is 0.229. The molecule has 0 spiro atoms. The summed E-state index contributed by atoms with van der Waals surface area (Å²) in [7, 11) is 0. The average molecular weight is 591 g/mol. The molecule has 1 fully saturated rings. The second kappa shape index (κ2) is 12.3. The van der Waals surface area contributed by atoms with Gasteiger partial charge in [-0.3, -0.25) is 4.79 Å². The molecule has 0 aliphatic heterocycles. The Morgan fingerprint density at radius 2 is 1.63 bits per heavy atom. The highest BCUT2D eigenvalue weighted by Crippen LogP contribution is 2.45. The molecular weight excluding hydrogens is 556 g/mol. The number of rotatable bonds is 10. The summed E-state index contributed by atoms with van der Waals surface area (Å²) in [5.74, 6) is -0.104. The Bertz CT molecular complexity index is 1720. The number of nitrogens with one attached hydrogen (secondary N) is 2. The van der Waals surface area contributed by atoms with E-state index in [9.17, 15) is 9.59 Å². The van der Waals surface area contributed by atoms with E-state index in [1.165, 1.54) is 0 Å². The van der Waals surface area contributed by atoms with Crippen molar-refractivity contribution >= 4 is 23.3 Å². The van der Waals surface area contributed by atoms with Crippen LogP contribution in [0.5, 0.6) is 0 Å². The Morgan fingerprint density at radius 1 is 0.930 bits per heavy atom. The van der Waals surface area contributed by atoms with Crippen LogP contribution >= 0.6 is 11.3 Å². The molecule has 1 saturated carbocycles. The molecule has 0 radical (unpaired) electrons. The van der Waals surface area contributed by atoms with Crippen molar-refractivity contribution in [2.75, 3.05) is 0 Å². The number of hydrogen-bond acceptors (Lipinski definition) is 5. The van der Waals surface area contributed by atoms with Crippen LogP contribution in [0, 0.1) is 13.8 Å². The molecule has 1 aliphatic rings. The number of amides is 2. The lowest BCUT2D eigenvalue weighted by molar-refractivity contribution is 0.0950. The van der Waals surface area contributed by atoms with Crippen LogP contribution in [-0.2, 0) is 30.0 Å². The minimum absolute atomic E-state index is 0.104. The number of benzene rings is 3. The number of ether oxygens (including phenoxy) is 1. The van der Waals surface area contributed by atoms with Gasteiger partial charge in [0.2, 0.25) is 0 Å². The van der Waals surface area contributed by atoms with Gasteiger partial charge in [-0.15, -0.1) is 11.3 Å². The molecule has 1 aliphatic carbocycles. The van der Waals surface area contributed by atoms with Gasteiger partial charge < -0.3 is 19.9 Å². The van der Waals surface area contributed by atoms with E-state index in [-0.39, 0.29) is 18.1 Å². The zero-order valence-corrected chi connectivity index (χ0v) is 25.1. The standard InChI is InChI=1S/C35H34N4O3S/c1-24-19-31(25(2)39(24)21-30-23-43-33(37-30)28-11-7-4-8-12-28)32(40)36-20-26-13-15-29(16-14-26)35(17-18-35)38-34(41)42-22-27-9-5-3-6-10-27/h3-16,19,23H,17-18,20-22H2,1-2H3,(H,36,40)(H,38,41). The second-order valence-electron chi connectivity index (χ2n) is 11.0. The van der Waals surface area contributed by atoms with Crippen molar-refractivity contribution in [2.24, 2.45) is 0 Å². The van der Waals surface area contributed by atoms with E-state index >= 15 is 0 Å². The van der Waals surface area contributed by atoms with Crippen molar-refractivity contribution in [1.29, 1.82) is 0 Å². The lowest BCUT2D eigenvalue weighted by Crippen LogP contribution is -2.35. The smallest absolute Gasteiger partial charge is 0.408 e. The first-order valence-electron chi connectivity index (χ1n) is 14.4. The Morgan fingerprint density at radius 3 is 2.33 bits per heavy atom. The van der Waals surface area contributed by atoms with Gasteiger partial charge in [-0.1, -0.05) is 84.9 Å². The highest BCUT2D eigenvalue weighted by Gasteiger charge is 2.46. The number of aryl methyl sites for hydroxylation is 1. The molecule has 0 saturated heterocycles. The zero-order valence-electron chi connectivity index (χ0n) is 24.3. The summed E-state index contributed by atoms with van der Waals surface area (Å²) < 4.78 is 7.57. The number of nitrogens with zero attached hydrogens (tertiary/aromatic N) is 2. The van der Waals surface area contributed by atoms with Gasteiger partial charge in [0, 0.05) is 28.9 Å². The molecule has 0 unspecified atom stereocenters. The van der Waals surface area contributed by atoms with Crippen molar-refractivity contribution in [2.45, 2.75) is 51.9 Å². The summed E-state index contributed by atoms with van der Waals surface area (Å²) in [6.07, 6.45) is 1.32. The third-order valence-electron chi connectivity index (χ3n) is 7.97. The summed E-state index contributed by atoms with van der Waals surface area (Å²) >= 11 is 1.63. The normalized spacial score (nSPS) is 13.3. The van der Waals surface area contributed by atoms with Crippen LogP contribution < -0.4 is 10.6 Å². The molecule has 2 N–H and O–H groups in total. The van der Waals surface area contributed by atoms with Crippen LogP contribution in [0.25, 0.3) is 10.6 Å². The van der Waals surface area contributed by atoms with Crippen LogP contribution in [-0.4, -0.2) is 21.6 Å². The highest BCUT2D eigenvalue weighted by atomic mass is 32.1. The SMILES string of the molecule is Cc1cc(C(=O)NCc2ccc(C3(NC(=O)OCc4ccccc4)CC3)cc2)c(C)n1Cc1csc(-c2ccccc2)n1. The van der Waals surface area contributed by atoms with Crippen molar-refractivity contribution in [3.8, 4) is 10.6 Å². The monoisotopic (exact) mass is 590 g/mol. The quantitative estimate of drug-likeness (QED) is 0.181. The molecule has 218 valence electrons. The van der Waals surface area contributed by atoms with Crippen molar-refractivity contribution in [1.82, 2.24) is 20.2 Å². The third kappa shape index (κ3) is 6.54. The van der Waals surface area contributed by atoms with Crippen molar-refractivity contribution in [3.05, 3.63) is 136 Å². The van der Waals surface area contributed by atoms with Crippen molar-refractivity contribution in [3.63, 3.8) is 0 Å². The van der Waals surface area contributed by atoms with E-state index in [4.69, 9.17) is 9.72 Å². The Kier molecular flexibility index (Phi) is 8.11. The van der Waals surface area contributed by atoms with E-state index in [0.717, 1.165) is 57.2 Å². The zero-order chi connectivity index (χ0) is 29.8. The van der Waals surface area contributed by atoms with Gasteiger partial charge in [-0.05, 0) is 49.4 Å². The summed E-state index contributed by atoms with van der Waals surface area (Å²) in [6.45, 7) is 5.27. The molecule has 5 aromatic rings. The van der Waals surface area contributed by atoms with Crippen LogP contribution in [0.15, 0.2) is 96.4 Å². The van der Waals surface area contributed by atoms with Gasteiger partial charge in [0.1, 0.15) is 11.6 Å². The molecule has 2 heterocycles. The molecule has 2 aromatic heterocycles. The van der Waals surface area contributed by atoms with Crippen LogP contribution in [0.1, 0.15) is 57.0 Å². The van der Waals surface area contributed by atoms with Gasteiger partial charge >= 0.3 is 6.09 Å². The first kappa shape index (κ1) is 28.4. The number of alkyl carbamates (subject to hydrolysis) is 1. The molecule has 0 bridgehead atoms. The fourth-order valence-electron chi connectivity index (χ4n) is 5.31. The summed E-state index contributed by atoms with van der Waals surface area (Å²) in [5, 5.41) is 9.19. The molecular formula is C35H34N4O3S. The van der Waals surface area contributed by atoms with Crippen molar-refractivity contribution < 1.29 is 14.3 Å². The maximum atomic E-state index is 13.2. The van der Waals surface area contributed by atoms with E-state index in [0.29, 0.717) is 18.7 Å².